The van der Waals surface area contributed by atoms with Crippen molar-refractivity contribution in [2.75, 3.05) is 52.3 Å². The highest BCUT2D eigenvalue weighted by Gasteiger charge is 2.28. The largest absolute Gasteiger partial charge is 0.504 e. The Morgan fingerprint density at radius 3 is 2.55 bits per heavy atom. The molecule has 0 unspecified atom stereocenters. The zero-order valence-electron chi connectivity index (χ0n) is 26.6. The fraction of sp³-hybridized carbons (Fsp3) is 0.353. The Kier molecular flexibility index (Phi) is 10.4. The first-order valence-electron chi connectivity index (χ1n) is 15.4. The molecule has 246 valence electrons. The summed E-state index contributed by atoms with van der Waals surface area (Å²) in [7, 11) is 4.52. The number of carbonyl (C=O) groups is 1. The van der Waals surface area contributed by atoms with Gasteiger partial charge in [-0.3, -0.25) is 4.90 Å². The van der Waals surface area contributed by atoms with E-state index in [1.807, 2.05) is 48.7 Å². The van der Waals surface area contributed by atoms with Gasteiger partial charge < -0.3 is 29.0 Å². The topological polar surface area (TPSA) is 131 Å². The van der Waals surface area contributed by atoms with Crippen LogP contribution in [-0.2, 0) is 16.0 Å². The lowest BCUT2D eigenvalue weighted by Crippen LogP contribution is -2.37. The highest BCUT2D eigenvalue weighted by atomic mass is 33.1. The number of azo groups is 1. The molecule has 1 aliphatic carbocycles. The van der Waals surface area contributed by atoms with E-state index in [-0.39, 0.29) is 24.0 Å². The number of aromatic nitrogens is 2. The monoisotopic (exact) mass is 675 g/mol. The fourth-order valence-electron chi connectivity index (χ4n) is 5.88. The summed E-state index contributed by atoms with van der Waals surface area (Å²) >= 11 is 0. The predicted octanol–water partition coefficient (Wildman–Crippen LogP) is 7.71. The van der Waals surface area contributed by atoms with Gasteiger partial charge in [0.05, 0.1) is 26.0 Å². The van der Waals surface area contributed by atoms with Crippen molar-refractivity contribution in [3.63, 3.8) is 0 Å². The number of fused-ring (bicyclic) bond motifs is 5. The van der Waals surface area contributed by atoms with E-state index >= 15 is 0 Å². The number of amides is 1. The Morgan fingerprint density at radius 2 is 1.81 bits per heavy atom. The second-order valence-corrected chi connectivity index (χ2v) is 13.7. The summed E-state index contributed by atoms with van der Waals surface area (Å²) in [5.41, 5.74) is 3.92. The van der Waals surface area contributed by atoms with Gasteiger partial charge in [0, 0.05) is 59.9 Å². The number of ether oxygens (including phenoxy) is 3. The molecule has 11 nitrogen and oxygen atoms in total. The summed E-state index contributed by atoms with van der Waals surface area (Å²) in [6.07, 6.45) is 1.70. The molecule has 6 rings (SSSR count). The third kappa shape index (κ3) is 7.13. The number of aryl methyl sites for hydroxylation is 2. The van der Waals surface area contributed by atoms with Crippen molar-refractivity contribution in [1.29, 1.82) is 0 Å². The van der Waals surface area contributed by atoms with E-state index in [1.165, 1.54) is 28.7 Å². The molecule has 0 spiro atoms. The van der Waals surface area contributed by atoms with E-state index in [4.69, 9.17) is 14.2 Å². The smallest absolute Gasteiger partial charge is 0.452 e. The summed E-state index contributed by atoms with van der Waals surface area (Å²) in [6.45, 7) is 8.74. The predicted molar refractivity (Wildman–Crippen MR) is 186 cm³/mol. The van der Waals surface area contributed by atoms with Crippen molar-refractivity contribution in [2.45, 2.75) is 31.8 Å². The van der Waals surface area contributed by atoms with Gasteiger partial charge in [-0.1, -0.05) is 28.0 Å². The minimum atomic E-state index is -0.817. The van der Waals surface area contributed by atoms with Crippen LogP contribution in [0.25, 0.3) is 32.8 Å². The summed E-state index contributed by atoms with van der Waals surface area (Å²) in [5, 5.41) is 34.6. The lowest BCUT2D eigenvalue weighted by molar-refractivity contribution is 0.0369. The van der Waals surface area contributed by atoms with Crippen molar-refractivity contribution in [2.24, 2.45) is 10.2 Å². The maximum Gasteiger partial charge on any atom is 0.452 e. The van der Waals surface area contributed by atoms with Crippen LogP contribution in [-0.4, -0.2) is 83.1 Å². The second kappa shape index (κ2) is 14.8. The number of methoxy groups -OCH3 is 1. The minimum Gasteiger partial charge on any atom is -0.504 e. The lowest BCUT2D eigenvalue weighted by atomic mass is 9.97. The average molecular weight is 676 g/mol. The number of hydrogen-bond donors (Lipinski definition) is 2. The van der Waals surface area contributed by atoms with Crippen LogP contribution >= 0.6 is 21.6 Å². The standard InChI is InChI=1S/C34H37N5O6S2/c1-21-17-23-26(18-22(21)2)33(41)39(10-6-9-38-11-13-44-14-12-38)32-25-20-28(43-3)27(40)19-24(25)31(30(23)32)36-37-34(42)45-15-16-46-47-29-7-4-5-8-35-29/h4-5,7-8,17-20,40-41H,6,9-16H2,1-3H3. The third-order valence-electron chi connectivity index (χ3n) is 8.34. The summed E-state index contributed by atoms with van der Waals surface area (Å²) in [5.74, 6) is 0.898. The molecule has 0 radical (unpaired) electrons. The third-order valence-corrected chi connectivity index (χ3v) is 10.6. The van der Waals surface area contributed by atoms with Crippen molar-refractivity contribution in [3.05, 3.63) is 59.8 Å². The Hall–Kier alpha value is -4.04. The number of pyridine rings is 2. The van der Waals surface area contributed by atoms with Crippen LogP contribution in [0.1, 0.15) is 17.5 Å². The highest BCUT2D eigenvalue weighted by molar-refractivity contribution is 8.76. The average Bonchev–Trinajstić information content (AvgIpc) is 3.39. The van der Waals surface area contributed by atoms with Gasteiger partial charge in [0.25, 0.3) is 0 Å². The van der Waals surface area contributed by atoms with Gasteiger partial charge in [-0.05, 0) is 77.9 Å². The molecule has 0 saturated carbocycles. The van der Waals surface area contributed by atoms with E-state index in [9.17, 15) is 15.0 Å². The van der Waals surface area contributed by atoms with Crippen LogP contribution in [0.5, 0.6) is 17.4 Å². The van der Waals surface area contributed by atoms with Crippen LogP contribution < -0.4 is 4.74 Å². The first kappa shape index (κ1) is 32.9. The van der Waals surface area contributed by atoms with Gasteiger partial charge in [0.15, 0.2) is 17.4 Å². The lowest BCUT2D eigenvalue weighted by Gasteiger charge is -2.27. The molecule has 1 amide bonds. The molecule has 47 heavy (non-hydrogen) atoms. The van der Waals surface area contributed by atoms with Crippen LogP contribution in [0.3, 0.4) is 0 Å². The Labute approximate surface area is 280 Å². The normalized spacial score (nSPS) is 14.1. The van der Waals surface area contributed by atoms with Crippen LogP contribution in [0, 0.1) is 13.8 Å². The summed E-state index contributed by atoms with van der Waals surface area (Å²) in [4.78, 5) is 19.4. The molecule has 1 aromatic heterocycles. The van der Waals surface area contributed by atoms with Crippen LogP contribution in [0.4, 0.5) is 10.5 Å². The minimum absolute atomic E-state index is 0.0730. The fourth-order valence-corrected chi connectivity index (χ4v) is 7.59. The Bertz CT molecular complexity index is 1890. The highest BCUT2D eigenvalue weighted by Crippen LogP contribution is 2.53. The van der Waals surface area contributed by atoms with Gasteiger partial charge in [0.1, 0.15) is 17.3 Å². The van der Waals surface area contributed by atoms with E-state index in [0.717, 1.165) is 53.3 Å². The molecule has 1 fully saturated rings. The molecule has 3 heterocycles. The number of hydrogen-bond acceptors (Lipinski definition) is 11. The number of phenols is 1. The number of rotatable bonds is 11. The van der Waals surface area contributed by atoms with Crippen molar-refractivity contribution >= 4 is 54.9 Å². The van der Waals surface area contributed by atoms with Crippen molar-refractivity contribution in [1.82, 2.24) is 14.5 Å². The molecule has 3 aromatic rings. The Balaban J connectivity index is 1.37. The number of nitrogens with zero attached hydrogens (tertiary/aromatic N) is 5. The molecule has 2 aliphatic heterocycles. The van der Waals surface area contributed by atoms with Gasteiger partial charge in [-0.2, -0.15) is 0 Å². The molecule has 3 aliphatic rings. The Morgan fingerprint density at radius 1 is 1.02 bits per heavy atom. The van der Waals surface area contributed by atoms with Gasteiger partial charge in [-0.15, -0.1) is 5.11 Å². The SMILES string of the molecule is COc1cc2c3n(CCCN4CCOCC4)c(O)c4cc(C)c(C)cc4c-3c(N=NC(=O)OCCSSc3ccccn3)c2cc1O. The van der Waals surface area contributed by atoms with Gasteiger partial charge in [-0.25, -0.2) is 9.78 Å². The molecular formula is C34H37N5O6S2. The summed E-state index contributed by atoms with van der Waals surface area (Å²) < 4.78 is 18.2. The number of carbonyl (C=O) groups excluding carboxylic acids is 1. The van der Waals surface area contributed by atoms with E-state index < -0.39 is 6.09 Å². The first-order valence-corrected chi connectivity index (χ1v) is 17.8. The number of phenolic OH excluding ortho intramolecular Hbond substituents is 1. The number of benzene rings is 2. The molecule has 13 heteroatoms. The molecule has 1 saturated heterocycles. The molecule has 0 atom stereocenters. The number of aromatic hydroxyl groups is 2. The van der Waals surface area contributed by atoms with E-state index in [2.05, 4.69) is 20.1 Å². The molecular weight excluding hydrogens is 639 g/mol. The second-order valence-electron chi connectivity index (χ2n) is 11.3. The van der Waals surface area contributed by atoms with Crippen molar-refractivity contribution in [3.8, 4) is 28.6 Å². The van der Waals surface area contributed by atoms with Gasteiger partial charge >= 0.3 is 6.09 Å². The zero-order valence-corrected chi connectivity index (χ0v) is 28.2. The zero-order chi connectivity index (χ0) is 32.9. The first-order chi connectivity index (χ1) is 22.9. The molecule has 2 aromatic carbocycles. The molecule has 2 N–H and O–H groups in total. The van der Waals surface area contributed by atoms with E-state index in [1.54, 1.807) is 18.3 Å². The van der Waals surface area contributed by atoms with Crippen LogP contribution in [0.2, 0.25) is 0 Å². The van der Waals surface area contributed by atoms with Crippen molar-refractivity contribution < 1.29 is 29.2 Å². The maximum atomic E-state index is 12.7. The number of morpholine rings is 1. The van der Waals surface area contributed by atoms with E-state index in [0.29, 0.717) is 52.9 Å². The van der Waals surface area contributed by atoms with Crippen LogP contribution in [0.15, 0.2) is 63.9 Å². The quantitative estimate of drug-likeness (QED) is 0.0815. The maximum absolute atomic E-state index is 12.7. The summed E-state index contributed by atoms with van der Waals surface area (Å²) in [6, 6.07) is 13.0. The van der Waals surface area contributed by atoms with Gasteiger partial charge in [0.2, 0.25) is 0 Å². The molecule has 0 bridgehead atoms.